The van der Waals surface area contributed by atoms with Crippen LogP contribution in [0.5, 0.6) is 5.75 Å². The molecule has 0 aliphatic carbocycles. The van der Waals surface area contributed by atoms with Gasteiger partial charge in [-0.2, -0.15) is 0 Å². The molecule has 4 nitrogen and oxygen atoms in total. The molecular formula is C14H16O4. The Labute approximate surface area is 105 Å². The molecule has 1 heterocycles. The molecule has 1 N–H and O–H groups in total. The summed E-state index contributed by atoms with van der Waals surface area (Å²) in [5, 5.41) is 9.94. The number of ether oxygens (including phenoxy) is 1. The van der Waals surface area contributed by atoms with Gasteiger partial charge in [-0.15, -0.1) is 0 Å². The summed E-state index contributed by atoms with van der Waals surface area (Å²) in [5.41, 5.74) is 1.53. The predicted molar refractivity (Wildman–Crippen MR) is 67.7 cm³/mol. The van der Waals surface area contributed by atoms with Crippen LogP contribution in [0.1, 0.15) is 24.7 Å². The number of carbonyl (C=O) groups excluding carboxylic acids is 1. The molecule has 0 aliphatic rings. The summed E-state index contributed by atoms with van der Waals surface area (Å²) in [6.45, 7) is 3.65. The molecule has 0 unspecified atom stereocenters. The van der Waals surface area contributed by atoms with Crippen molar-refractivity contribution in [3.05, 3.63) is 29.5 Å². The monoisotopic (exact) mass is 248 g/mol. The molecule has 0 bridgehead atoms. The lowest BCUT2D eigenvalue weighted by atomic mass is 10.1. The molecule has 1 aromatic carbocycles. The van der Waals surface area contributed by atoms with E-state index in [0.29, 0.717) is 24.2 Å². The SMILES string of the molecule is CCC(=O)Oc1cccc2c(CCO)c(C)oc12. The number of furan rings is 1. The number of hydrogen-bond acceptors (Lipinski definition) is 4. The van der Waals surface area contributed by atoms with Crippen molar-refractivity contribution in [3.63, 3.8) is 0 Å². The average molecular weight is 248 g/mol. The lowest BCUT2D eigenvalue weighted by molar-refractivity contribution is -0.133. The maximum atomic E-state index is 11.3. The number of rotatable bonds is 4. The zero-order valence-electron chi connectivity index (χ0n) is 10.5. The van der Waals surface area contributed by atoms with Crippen molar-refractivity contribution in [1.82, 2.24) is 0 Å². The highest BCUT2D eigenvalue weighted by Gasteiger charge is 2.15. The molecule has 0 radical (unpaired) electrons. The van der Waals surface area contributed by atoms with Crippen LogP contribution in [0.3, 0.4) is 0 Å². The Morgan fingerprint density at radius 2 is 2.22 bits per heavy atom. The molecule has 1 aromatic heterocycles. The maximum Gasteiger partial charge on any atom is 0.311 e. The lowest BCUT2D eigenvalue weighted by Gasteiger charge is -2.02. The summed E-state index contributed by atoms with van der Waals surface area (Å²) in [6.07, 6.45) is 0.851. The fourth-order valence-corrected chi connectivity index (χ4v) is 1.96. The number of aryl methyl sites for hydroxylation is 1. The van der Waals surface area contributed by atoms with Gasteiger partial charge in [0.2, 0.25) is 0 Å². The van der Waals surface area contributed by atoms with Crippen molar-refractivity contribution in [2.24, 2.45) is 0 Å². The van der Waals surface area contributed by atoms with Crippen LogP contribution in [-0.4, -0.2) is 17.7 Å². The van der Waals surface area contributed by atoms with Gasteiger partial charge in [0.15, 0.2) is 11.3 Å². The van der Waals surface area contributed by atoms with Crippen molar-refractivity contribution >= 4 is 16.9 Å². The van der Waals surface area contributed by atoms with Crippen LogP contribution >= 0.6 is 0 Å². The molecule has 0 amide bonds. The van der Waals surface area contributed by atoms with Gasteiger partial charge >= 0.3 is 5.97 Å². The molecule has 0 aliphatic heterocycles. The molecule has 4 heteroatoms. The van der Waals surface area contributed by atoms with Crippen molar-refractivity contribution in [3.8, 4) is 5.75 Å². The second-order valence-electron chi connectivity index (χ2n) is 4.07. The van der Waals surface area contributed by atoms with Gasteiger partial charge < -0.3 is 14.3 Å². The average Bonchev–Trinajstić information content (AvgIpc) is 2.68. The number of esters is 1. The lowest BCUT2D eigenvalue weighted by Crippen LogP contribution is -2.05. The predicted octanol–water partition coefficient (Wildman–Crippen LogP) is 2.59. The van der Waals surface area contributed by atoms with Crippen LogP contribution in [0.4, 0.5) is 0 Å². The van der Waals surface area contributed by atoms with Gasteiger partial charge in [-0.05, 0) is 19.4 Å². The molecule has 0 fully saturated rings. The van der Waals surface area contributed by atoms with E-state index in [0.717, 1.165) is 16.7 Å². The molecule has 96 valence electrons. The van der Waals surface area contributed by atoms with Crippen molar-refractivity contribution in [1.29, 1.82) is 0 Å². The maximum absolute atomic E-state index is 11.3. The second kappa shape index (κ2) is 5.23. The molecule has 18 heavy (non-hydrogen) atoms. The zero-order chi connectivity index (χ0) is 13.1. The molecule has 2 aromatic rings. The van der Waals surface area contributed by atoms with E-state index >= 15 is 0 Å². The third-order valence-electron chi connectivity index (χ3n) is 2.86. The molecule has 0 saturated carbocycles. The molecule has 0 saturated heterocycles. The highest BCUT2D eigenvalue weighted by molar-refractivity contribution is 5.89. The normalized spacial score (nSPS) is 10.8. The topological polar surface area (TPSA) is 59.7 Å². The van der Waals surface area contributed by atoms with E-state index in [1.807, 2.05) is 19.1 Å². The Balaban J connectivity index is 2.50. The van der Waals surface area contributed by atoms with E-state index in [1.165, 1.54) is 0 Å². The number of aliphatic hydroxyl groups is 1. The van der Waals surface area contributed by atoms with Gasteiger partial charge in [0, 0.05) is 24.0 Å². The van der Waals surface area contributed by atoms with Gasteiger partial charge in [0.25, 0.3) is 0 Å². The molecule has 0 atom stereocenters. The zero-order valence-corrected chi connectivity index (χ0v) is 10.5. The third-order valence-corrected chi connectivity index (χ3v) is 2.86. The van der Waals surface area contributed by atoms with Gasteiger partial charge in [0.05, 0.1) is 0 Å². The Kier molecular flexibility index (Phi) is 3.67. The Morgan fingerprint density at radius 1 is 1.44 bits per heavy atom. The fourth-order valence-electron chi connectivity index (χ4n) is 1.96. The minimum atomic E-state index is -0.291. The van der Waals surface area contributed by atoms with E-state index in [-0.39, 0.29) is 12.6 Å². The summed E-state index contributed by atoms with van der Waals surface area (Å²) >= 11 is 0. The molecule has 2 rings (SSSR count). The van der Waals surface area contributed by atoms with Crippen molar-refractivity contribution in [2.75, 3.05) is 6.61 Å². The van der Waals surface area contributed by atoms with Crippen LogP contribution < -0.4 is 4.74 Å². The van der Waals surface area contributed by atoms with Crippen molar-refractivity contribution in [2.45, 2.75) is 26.7 Å². The summed E-state index contributed by atoms with van der Waals surface area (Å²) in [4.78, 5) is 11.3. The highest BCUT2D eigenvalue weighted by Crippen LogP contribution is 2.32. The van der Waals surface area contributed by atoms with E-state index in [4.69, 9.17) is 14.3 Å². The highest BCUT2D eigenvalue weighted by atomic mass is 16.5. The molecular weight excluding hydrogens is 232 g/mol. The summed E-state index contributed by atoms with van der Waals surface area (Å²) in [7, 11) is 0. The number of carbonyl (C=O) groups is 1. The van der Waals surface area contributed by atoms with Crippen LogP contribution in [0.15, 0.2) is 22.6 Å². The van der Waals surface area contributed by atoms with Crippen LogP contribution in [0, 0.1) is 6.92 Å². The van der Waals surface area contributed by atoms with E-state index in [9.17, 15) is 4.79 Å². The first-order valence-corrected chi connectivity index (χ1v) is 6.00. The Morgan fingerprint density at radius 3 is 2.89 bits per heavy atom. The first kappa shape index (κ1) is 12.6. The number of para-hydroxylation sites is 1. The van der Waals surface area contributed by atoms with Gasteiger partial charge in [-0.3, -0.25) is 4.79 Å². The van der Waals surface area contributed by atoms with Gasteiger partial charge in [-0.25, -0.2) is 0 Å². The Bertz CT molecular complexity index is 568. The first-order valence-electron chi connectivity index (χ1n) is 6.00. The van der Waals surface area contributed by atoms with Crippen LogP contribution in [0.2, 0.25) is 0 Å². The smallest absolute Gasteiger partial charge is 0.311 e. The summed E-state index contributed by atoms with van der Waals surface area (Å²) in [5.74, 6) is 0.894. The van der Waals surface area contributed by atoms with Crippen LogP contribution in [0.25, 0.3) is 11.0 Å². The number of aliphatic hydroxyl groups excluding tert-OH is 1. The first-order chi connectivity index (χ1) is 8.67. The van der Waals surface area contributed by atoms with Gasteiger partial charge in [0.1, 0.15) is 5.76 Å². The van der Waals surface area contributed by atoms with E-state index in [2.05, 4.69) is 0 Å². The number of fused-ring (bicyclic) bond motifs is 1. The van der Waals surface area contributed by atoms with Crippen LogP contribution in [-0.2, 0) is 11.2 Å². The quantitative estimate of drug-likeness (QED) is 0.667. The third kappa shape index (κ3) is 2.24. The number of hydrogen-bond donors (Lipinski definition) is 1. The summed E-state index contributed by atoms with van der Waals surface area (Å²) in [6, 6.07) is 5.43. The fraction of sp³-hybridized carbons (Fsp3) is 0.357. The minimum Gasteiger partial charge on any atom is -0.457 e. The second-order valence-corrected chi connectivity index (χ2v) is 4.07. The van der Waals surface area contributed by atoms with E-state index < -0.39 is 0 Å². The van der Waals surface area contributed by atoms with Crippen molar-refractivity contribution < 1.29 is 19.1 Å². The Hall–Kier alpha value is -1.81. The minimum absolute atomic E-state index is 0.0639. The van der Waals surface area contributed by atoms with E-state index in [1.54, 1.807) is 13.0 Å². The number of benzene rings is 1. The molecule has 0 spiro atoms. The summed E-state index contributed by atoms with van der Waals surface area (Å²) < 4.78 is 10.9. The largest absolute Gasteiger partial charge is 0.457 e. The standard InChI is InChI=1S/C14H16O4/c1-3-13(16)18-12-6-4-5-11-10(7-8-15)9(2)17-14(11)12/h4-6,15H,3,7-8H2,1-2H3. The van der Waals surface area contributed by atoms with Gasteiger partial charge in [-0.1, -0.05) is 19.1 Å².